The average Bonchev–Trinajstić information content (AvgIpc) is 2.89. The van der Waals surface area contributed by atoms with Gasteiger partial charge in [-0.15, -0.1) is 0 Å². The maximum Gasteiger partial charge on any atom is 0.233 e. The molecule has 0 aromatic carbocycles. The van der Waals surface area contributed by atoms with Crippen molar-refractivity contribution in [3.63, 3.8) is 0 Å². The summed E-state index contributed by atoms with van der Waals surface area (Å²) in [4.78, 5) is 25.9. The molecule has 1 heterocycles. The van der Waals surface area contributed by atoms with E-state index in [4.69, 9.17) is 5.73 Å². The molecule has 0 spiro atoms. The van der Waals surface area contributed by atoms with Gasteiger partial charge in [0.15, 0.2) is 0 Å². The van der Waals surface area contributed by atoms with Gasteiger partial charge in [0.25, 0.3) is 0 Å². The van der Waals surface area contributed by atoms with E-state index in [-0.39, 0.29) is 23.7 Å². The van der Waals surface area contributed by atoms with Gasteiger partial charge in [0, 0.05) is 6.54 Å². The number of carbonyl (C=O) groups excluding carboxylic acids is 2. The lowest BCUT2D eigenvalue weighted by molar-refractivity contribution is -0.140. The van der Waals surface area contributed by atoms with E-state index >= 15 is 0 Å². The summed E-state index contributed by atoms with van der Waals surface area (Å²) in [5, 5.41) is 0. The van der Waals surface area contributed by atoms with Gasteiger partial charge in [-0.1, -0.05) is 19.8 Å². The number of imide groups is 1. The molecule has 102 valence electrons. The second kappa shape index (κ2) is 5.83. The van der Waals surface area contributed by atoms with Gasteiger partial charge in [0.05, 0.1) is 11.8 Å². The van der Waals surface area contributed by atoms with Crippen molar-refractivity contribution in [1.82, 2.24) is 4.90 Å². The molecule has 1 saturated heterocycles. The summed E-state index contributed by atoms with van der Waals surface area (Å²) in [6, 6.07) is 0. The molecular weight excluding hydrogens is 228 g/mol. The van der Waals surface area contributed by atoms with Gasteiger partial charge in [-0.3, -0.25) is 14.5 Å². The van der Waals surface area contributed by atoms with E-state index in [0.717, 1.165) is 38.5 Å². The summed E-state index contributed by atoms with van der Waals surface area (Å²) in [5.41, 5.74) is 5.44. The van der Waals surface area contributed by atoms with Crippen molar-refractivity contribution >= 4 is 11.8 Å². The van der Waals surface area contributed by atoms with Crippen LogP contribution in [0.4, 0.5) is 0 Å². The molecule has 2 unspecified atom stereocenters. The lowest BCUT2D eigenvalue weighted by atomic mass is 10.00. The molecule has 18 heavy (non-hydrogen) atoms. The minimum atomic E-state index is -0.00282. The largest absolute Gasteiger partial charge is 0.330 e. The monoisotopic (exact) mass is 252 g/mol. The first-order valence-electron chi connectivity index (χ1n) is 7.24. The molecule has 0 radical (unpaired) electrons. The Hall–Kier alpha value is -0.900. The average molecular weight is 252 g/mol. The molecule has 2 aliphatic rings. The quantitative estimate of drug-likeness (QED) is 0.576. The van der Waals surface area contributed by atoms with Crippen molar-refractivity contribution < 1.29 is 9.59 Å². The third kappa shape index (κ3) is 2.44. The molecule has 2 amide bonds. The van der Waals surface area contributed by atoms with Crippen LogP contribution in [0, 0.1) is 17.8 Å². The van der Waals surface area contributed by atoms with Crippen LogP contribution in [0.25, 0.3) is 0 Å². The molecule has 4 heteroatoms. The Morgan fingerprint density at radius 3 is 2.22 bits per heavy atom. The van der Waals surface area contributed by atoms with Crippen LogP contribution in [-0.4, -0.2) is 29.8 Å². The molecule has 2 fully saturated rings. The zero-order valence-corrected chi connectivity index (χ0v) is 11.2. The van der Waals surface area contributed by atoms with Crippen molar-refractivity contribution in [3.8, 4) is 0 Å². The fourth-order valence-corrected chi connectivity index (χ4v) is 3.34. The summed E-state index contributed by atoms with van der Waals surface area (Å²) in [7, 11) is 0. The molecule has 0 aromatic rings. The first-order chi connectivity index (χ1) is 8.69. The smallest absolute Gasteiger partial charge is 0.233 e. The molecule has 0 bridgehead atoms. The van der Waals surface area contributed by atoms with Gasteiger partial charge >= 0.3 is 0 Å². The van der Waals surface area contributed by atoms with Crippen molar-refractivity contribution in [3.05, 3.63) is 0 Å². The van der Waals surface area contributed by atoms with Crippen LogP contribution in [0.5, 0.6) is 0 Å². The highest BCUT2D eigenvalue weighted by Crippen LogP contribution is 2.44. The van der Waals surface area contributed by atoms with Crippen LogP contribution in [0.3, 0.4) is 0 Å². The Morgan fingerprint density at radius 2 is 1.72 bits per heavy atom. The fourth-order valence-electron chi connectivity index (χ4n) is 3.34. The summed E-state index contributed by atoms with van der Waals surface area (Å²) < 4.78 is 0. The number of nitrogens with two attached hydrogens (primary N) is 1. The minimum absolute atomic E-state index is 0.00282. The number of unbranched alkanes of at least 4 members (excludes halogenated alkanes) is 2. The van der Waals surface area contributed by atoms with Crippen LogP contribution in [0.1, 0.15) is 45.4 Å². The van der Waals surface area contributed by atoms with E-state index < -0.39 is 0 Å². The number of hydrogen-bond acceptors (Lipinski definition) is 3. The molecule has 2 N–H and O–H groups in total. The van der Waals surface area contributed by atoms with E-state index in [1.54, 1.807) is 0 Å². The summed E-state index contributed by atoms with van der Waals surface area (Å²) in [5.74, 6) is 0.753. The highest BCUT2D eigenvalue weighted by Gasteiger charge is 2.51. The number of fused-ring (bicyclic) bond motifs is 1. The molecule has 0 aromatic heterocycles. The van der Waals surface area contributed by atoms with Crippen molar-refractivity contribution in [1.29, 1.82) is 0 Å². The van der Waals surface area contributed by atoms with E-state index in [2.05, 4.69) is 6.92 Å². The highest BCUT2D eigenvalue weighted by atomic mass is 16.2. The number of rotatable bonds is 6. The van der Waals surface area contributed by atoms with Gasteiger partial charge in [-0.25, -0.2) is 0 Å². The second-order valence-corrected chi connectivity index (χ2v) is 5.64. The molecule has 1 saturated carbocycles. The van der Waals surface area contributed by atoms with Gasteiger partial charge in [0.1, 0.15) is 0 Å². The van der Waals surface area contributed by atoms with Crippen molar-refractivity contribution in [2.45, 2.75) is 45.4 Å². The van der Waals surface area contributed by atoms with Crippen LogP contribution in [0.2, 0.25) is 0 Å². The zero-order chi connectivity index (χ0) is 13.1. The number of hydrogen-bond donors (Lipinski definition) is 1. The van der Waals surface area contributed by atoms with Crippen molar-refractivity contribution in [2.75, 3.05) is 13.1 Å². The van der Waals surface area contributed by atoms with Crippen LogP contribution < -0.4 is 5.73 Å². The summed E-state index contributed by atoms with van der Waals surface area (Å²) >= 11 is 0. The Bertz CT molecular complexity index is 306. The summed E-state index contributed by atoms with van der Waals surface area (Å²) in [6.07, 6.45) is 5.80. The Kier molecular flexibility index (Phi) is 4.38. The summed E-state index contributed by atoms with van der Waals surface area (Å²) in [6.45, 7) is 3.43. The highest BCUT2D eigenvalue weighted by molar-refractivity contribution is 6.05. The zero-order valence-electron chi connectivity index (χ0n) is 11.2. The molecule has 4 nitrogen and oxygen atoms in total. The Labute approximate surface area is 109 Å². The van der Waals surface area contributed by atoms with Gasteiger partial charge in [-0.05, 0) is 38.1 Å². The standard InChI is InChI=1S/C14H24N2O2/c1-2-10-8-11-12(9-10)14(18)16(13(11)17)7-5-3-4-6-15/h10-12H,2-9,15H2,1H3. The lowest BCUT2D eigenvalue weighted by Gasteiger charge is -2.17. The van der Waals surface area contributed by atoms with Crippen LogP contribution >= 0.6 is 0 Å². The van der Waals surface area contributed by atoms with E-state index in [1.807, 2.05) is 0 Å². The topological polar surface area (TPSA) is 63.4 Å². The maximum atomic E-state index is 12.2. The lowest BCUT2D eigenvalue weighted by Crippen LogP contribution is -2.33. The van der Waals surface area contributed by atoms with E-state index in [0.29, 0.717) is 19.0 Å². The molecule has 1 aliphatic carbocycles. The van der Waals surface area contributed by atoms with Gasteiger partial charge in [0.2, 0.25) is 11.8 Å². The van der Waals surface area contributed by atoms with Crippen LogP contribution in [-0.2, 0) is 9.59 Å². The SMILES string of the molecule is CCC1CC2C(=O)N(CCCCCN)C(=O)C2C1. The molecule has 2 atom stereocenters. The number of amides is 2. The third-order valence-electron chi connectivity index (χ3n) is 4.49. The second-order valence-electron chi connectivity index (χ2n) is 5.64. The Morgan fingerprint density at radius 1 is 1.11 bits per heavy atom. The minimum Gasteiger partial charge on any atom is -0.330 e. The predicted octanol–water partition coefficient (Wildman–Crippen LogP) is 1.54. The third-order valence-corrected chi connectivity index (χ3v) is 4.49. The first kappa shape index (κ1) is 13.5. The van der Waals surface area contributed by atoms with E-state index in [1.165, 1.54) is 4.90 Å². The van der Waals surface area contributed by atoms with Crippen LogP contribution in [0.15, 0.2) is 0 Å². The Balaban J connectivity index is 1.88. The van der Waals surface area contributed by atoms with Gasteiger partial charge in [-0.2, -0.15) is 0 Å². The van der Waals surface area contributed by atoms with E-state index in [9.17, 15) is 9.59 Å². The molecule has 1 aliphatic heterocycles. The number of likely N-dealkylation sites (tertiary alicyclic amines) is 1. The number of carbonyl (C=O) groups is 2. The molecule has 2 rings (SSSR count). The van der Waals surface area contributed by atoms with Crippen molar-refractivity contribution in [2.24, 2.45) is 23.5 Å². The maximum absolute atomic E-state index is 12.2. The number of nitrogens with zero attached hydrogens (tertiary/aromatic N) is 1. The predicted molar refractivity (Wildman–Crippen MR) is 69.6 cm³/mol. The fraction of sp³-hybridized carbons (Fsp3) is 0.857. The van der Waals surface area contributed by atoms with Gasteiger partial charge < -0.3 is 5.73 Å². The molecular formula is C14H24N2O2. The normalized spacial score (nSPS) is 31.2. The first-order valence-corrected chi connectivity index (χ1v) is 7.24.